The van der Waals surface area contributed by atoms with Crippen molar-refractivity contribution in [3.05, 3.63) is 35.5 Å². The first-order chi connectivity index (χ1) is 11.0. The molecule has 3 rings (SSSR count). The van der Waals surface area contributed by atoms with Gasteiger partial charge in [0.25, 0.3) is 11.7 Å². The van der Waals surface area contributed by atoms with Crippen LogP contribution in [0.15, 0.2) is 18.3 Å². The molecule has 120 valence electrons. The molecule has 1 amide bonds. The van der Waals surface area contributed by atoms with Crippen LogP contribution < -0.4 is 5.32 Å². The minimum Gasteiger partial charge on any atom is -0.302 e. The maximum atomic E-state index is 12.3. The minimum absolute atomic E-state index is 0.0718. The maximum absolute atomic E-state index is 12.3. The summed E-state index contributed by atoms with van der Waals surface area (Å²) in [6, 6.07) is 3.92. The molecule has 8 heteroatoms. The van der Waals surface area contributed by atoms with Crippen molar-refractivity contribution in [2.45, 2.75) is 40.2 Å². The fourth-order valence-electron chi connectivity index (χ4n) is 2.34. The number of nitrogens with one attached hydrogen (secondary N) is 1. The van der Waals surface area contributed by atoms with Gasteiger partial charge >= 0.3 is 0 Å². The standard InChI is InChI=1S/C15H19N7O/c1-5-9(2)21-11(4)8-12(19-21)17-14(23)13-18-15-16-7-6-10(3)22(15)20-13/h6-9H,5H2,1-4H3,(H,17,19,23). The van der Waals surface area contributed by atoms with Crippen LogP contribution in [0.5, 0.6) is 0 Å². The van der Waals surface area contributed by atoms with Crippen LogP contribution in [-0.2, 0) is 0 Å². The molecule has 0 aliphatic carbocycles. The van der Waals surface area contributed by atoms with E-state index in [0.29, 0.717) is 11.6 Å². The zero-order valence-electron chi connectivity index (χ0n) is 13.6. The average molecular weight is 313 g/mol. The van der Waals surface area contributed by atoms with Gasteiger partial charge in [-0.1, -0.05) is 6.92 Å². The summed E-state index contributed by atoms with van der Waals surface area (Å²) in [5.41, 5.74) is 1.86. The highest BCUT2D eigenvalue weighted by Crippen LogP contribution is 2.17. The van der Waals surface area contributed by atoms with Crippen LogP contribution in [0.25, 0.3) is 5.78 Å². The summed E-state index contributed by atoms with van der Waals surface area (Å²) in [6.07, 6.45) is 2.60. The number of carbonyl (C=O) groups is 1. The summed E-state index contributed by atoms with van der Waals surface area (Å²) in [5, 5.41) is 11.4. The first-order valence-electron chi connectivity index (χ1n) is 7.55. The lowest BCUT2D eigenvalue weighted by Gasteiger charge is -2.10. The third-order valence-electron chi connectivity index (χ3n) is 3.81. The van der Waals surface area contributed by atoms with Crippen molar-refractivity contribution in [2.24, 2.45) is 0 Å². The van der Waals surface area contributed by atoms with E-state index in [4.69, 9.17) is 0 Å². The van der Waals surface area contributed by atoms with Gasteiger partial charge in [-0.3, -0.25) is 9.48 Å². The van der Waals surface area contributed by atoms with Crippen molar-refractivity contribution in [3.8, 4) is 0 Å². The van der Waals surface area contributed by atoms with Gasteiger partial charge < -0.3 is 5.32 Å². The van der Waals surface area contributed by atoms with Gasteiger partial charge in [0.2, 0.25) is 5.82 Å². The summed E-state index contributed by atoms with van der Waals surface area (Å²) >= 11 is 0. The predicted octanol–water partition coefficient (Wildman–Crippen LogP) is 2.16. The molecule has 23 heavy (non-hydrogen) atoms. The van der Waals surface area contributed by atoms with Gasteiger partial charge in [-0.2, -0.15) is 10.1 Å². The molecule has 8 nitrogen and oxygen atoms in total. The second-order valence-electron chi connectivity index (χ2n) is 5.56. The van der Waals surface area contributed by atoms with Crippen LogP contribution in [0.1, 0.15) is 48.3 Å². The zero-order valence-corrected chi connectivity index (χ0v) is 13.6. The van der Waals surface area contributed by atoms with Crippen molar-refractivity contribution in [2.75, 3.05) is 5.32 Å². The van der Waals surface area contributed by atoms with E-state index in [-0.39, 0.29) is 11.9 Å². The molecule has 0 saturated heterocycles. The van der Waals surface area contributed by atoms with E-state index in [2.05, 4.69) is 39.3 Å². The smallest absolute Gasteiger partial charge is 0.296 e. The first-order valence-corrected chi connectivity index (χ1v) is 7.55. The molecule has 1 unspecified atom stereocenters. The second kappa shape index (κ2) is 5.79. The van der Waals surface area contributed by atoms with E-state index in [0.717, 1.165) is 17.8 Å². The number of fused-ring (bicyclic) bond motifs is 1. The molecular weight excluding hydrogens is 294 g/mol. The Morgan fingerprint density at radius 3 is 2.78 bits per heavy atom. The molecule has 3 heterocycles. The van der Waals surface area contributed by atoms with Gasteiger partial charge in [0.15, 0.2) is 5.82 Å². The van der Waals surface area contributed by atoms with Gasteiger partial charge in [-0.05, 0) is 33.3 Å². The first kappa shape index (κ1) is 15.1. The van der Waals surface area contributed by atoms with Gasteiger partial charge in [-0.15, -0.1) is 5.10 Å². The van der Waals surface area contributed by atoms with Gasteiger partial charge in [-0.25, -0.2) is 9.50 Å². The summed E-state index contributed by atoms with van der Waals surface area (Å²) in [5.74, 6) is 0.569. The largest absolute Gasteiger partial charge is 0.302 e. The molecule has 0 aliphatic heterocycles. The lowest BCUT2D eigenvalue weighted by Crippen LogP contribution is -2.15. The number of hydrogen-bond donors (Lipinski definition) is 1. The molecule has 1 N–H and O–H groups in total. The van der Waals surface area contributed by atoms with E-state index >= 15 is 0 Å². The van der Waals surface area contributed by atoms with E-state index in [1.807, 2.05) is 24.6 Å². The summed E-state index contributed by atoms with van der Waals surface area (Å²) < 4.78 is 3.44. The van der Waals surface area contributed by atoms with Crippen LogP contribution >= 0.6 is 0 Å². The summed E-state index contributed by atoms with van der Waals surface area (Å²) in [7, 11) is 0. The van der Waals surface area contributed by atoms with E-state index < -0.39 is 5.91 Å². The van der Waals surface area contributed by atoms with Crippen LogP contribution in [0.4, 0.5) is 5.82 Å². The van der Waals surface area contributed by atoms with Crippen LogP contribution in [0.2, 0.25) is 0 Å². The third-order valence-corrected chi connectivity index (χ3v) is 3.81. The van der Waals surface area contributed by atoms with Gasteiger partial charge in [0.1, 0.15) is 0 Å². The Morgan fingerprint density at radius 1 is 1.30 bits per heavy atom. The Labute approximate surface area is 133 Å². The highest BCUT2D eigenvalue weighted by molar-refractivity contribution is 6.01. The number of carbonyl (C=O) groups excluding carboxylic acids is 1. The maximum Gasteiger partial charge on any atom is 0.296 e. The van der Waals surface area contributed by atoms with Gasteiger partial charge in [0.05, 0.1) is 0 Å². The Bertz CT molecular complexity index is 864. The molecule has 0 saturated carbocycles. The number of rotatable bonds is 4. The summed E-state index contributed by atoms with van der Waals surface area (Å²) in [6.45, 7) is 8.02. The topological polar surface area (TPSA) is 90.0 Å². The van der Waals surface area contributed by atoms with Crippen molar-refractivity contribution in [1.82, 2.24) is 29.4 Å². The number of nitrogens with zero attached hydrogens (tertiary/aromatic N) is 6. The summed E-state index contributed by atoms with van der Waals surface area (Å²) in [4.78, 5) is 20.6. The number of aryl methyl sites for hydroxylation is 2. The monoisotopic (exact) mass is 313 g/mol. The fourth-order valence-corrected chi connectivity index (χ4v) is 2.34. The SMILES string of the molecule is CCC(C)n1nc(NC(=O)c2nc3nccc(C)n3n2)cc1C. The zero-order chi connectivity index (χ0) is 16.6. The Kier molecular flexibility index (Phi) is 3.81. The normalized spacial score (nSPS) is 12.5. The molecule has 0 aromatic carbocycles. The molecule has 0 spiro atoms. The quantitative estimate of drug-likeness (QED) is 0.797. The van der Waals surface area contributed by atoms with Crippen LogP contribution in [-0.4, -0.2) is 35.3 Å². The molecule has 0 fully saturated rings. The average Bonchev–Trinajstić information content (AvgIpc) is 3.11. The predicted molar refractivity (Wildman–Crippen MR) is 85.4 cm³/mol. The van der Waals surface area contributed by atoms with Crippen LogP contribution in [0, 0.1) is 13.8 Å². The molecule has 3 aromatic heterocycles. The number of amides is 1. The van der Waals surface area contributed by atoms with Crippen molar-refractivity contribution >= 4 is 17.5 Å². The Hall–Kier alpha value is -2.77. The molecule has 0 radical (unpaired) electrons. The lowest BCUT2D eigenvalue weighted by atomic mass is 10.2. The fraction of sp³-hybridized carbons (Fsp3) is 0.400. The van der Waals surface area contributed by atoms with Crippen LogP contribution in [0.3, 0.4) is 0 Å². The number of anilines is 1. The molecule has 0 aliphatic rings. The van der Waals surface area contributed by atoms with E-state index in [1.54, 1.807) is 12.3 Å². The van der Waals surface area contributed by atoms with Gasteiger partial charge in [0, 0.05) is 29.7 Å². The molecule has 0 bridgehead atoms. The Balaban J connectivity index is 1.84. The highest BCUT2D eigenvalue weighted by Gasteiger charge is 2.17. The van der Waals surface area contributed by atoms with Crippen molar-refractivity contribution in [3.63, 3.8) is 0 Å². The Morgan fingerprint density at radius 2 is 2.09 bits per heavy atom. The van der Waals surface area contributed by atoms with E-state index in [1.165, 1.54) is 4.52 Å². The van der Waals surface area contributed by atoms with Crippen molar-refractivity contribution < 1.29 is 4.79 Å². The van der Waals surface area contributed by atoms with Crippen molar-refractivity contribution in [1.29, 1.82) is 0 Å². The van der Waals surface area contributed by atoms with E-state index in [9.17, 15) is 4.79 Å². The number of aromatic nitrogens is 6. The third kappa shape index (κ3) is 2.79. The molecule has 3 aromatic rings. The molecule has 1 atom stereocenters. The highest BCUT2D eigenvalue weighted by atomic mass is 16.2. The molecular formula is C15H19N7O. The lowest BCUT2D eigenvalue weighted by molar-refractivity contribution is 0.101. The number of hydrogen-bond acceptors (Lipinski definition) is 5. The second-order valence-corrected chi connectivity index (χ2v) is 5.56. The minimum atomic E-state index is -0.399.